The smallest absolute Gasteiger partial charge is 0.330 e. The fourth-order valence-corrected chi connectivity index (χ4v) is 3.88. The number of nitrogens with one attached hydrogen (secondary N) is 1. The molecule has 1 amide bonds. The number of amides is 1. The zero-order chi connectivity index (χ0) is 22.0. The Labute approximate surface area is 180 Å². The molecule has 0 radical (unpaired) electrons. The van der Waals surface area contributed by atoms with Gasteiger partial charge < -0.3 is 19.9 Å². The fraction of sp³-hybridized carbons (Fsp3) is 0.200. The molecule has 6 nitrogen and oxygen atoms in total. The highest BCUT2D eigenvalue weighted by atomic mass is 16.5. The maximum absolute atomic E-state index is 13.1. The Balaban J connectivity index is 1.61. The lowest BCUT2D eigenvalue weighted by molar-refractivity contribution is -0.144. The van der Waals surface area contributed by atoms with Crippen molar-refractivity contribution in [3.63, 3.8) is 0 Å². The molecule has 31 heavy (non-hydrogen) atoms. The molecule has 0 saturated heterocycles. The highest BCUT2D eigenvalue weighted by Gasteiger charge is 2.45. The third kappa shape index (κ3) is 3.97. The Morgan fingerprint density at radius 2 is 1.55 bits per heavy atom. The SMILES string of the molecule is COc1ccc(C(=O)NC2(C(=O)O)Cc3ccccc3C2)cc1Oc1ccccc1C. The van der Waals surface area contributed by atoms with Crippen LogP contribution in [0.1, 0.15) is 27.0 Å². The van der Waals surface area contributed by atoms with Crippen LogP contribution in [0.2, 0.25) is 0 Å². The van der Waals surface area contributed by atoms with Gasteiger partial charge in [0.25, 0.3) is 5.91 Å². The van der Waals surface area contributed by atoms with E-state index in [-0.39, 0.29) is 12.8 Å². The number of ether oxygens (including phenoxy) is 2. The summed E-state index contributed by atoms with van der Waals surface area (Å²) in [6.45, 7) is 1.92. The summed E-state index contributed by atoms with van der Waals surface area (Å²) in [5.74, 6) is -0.0365. The number of hydrogen-bond donors (Lipinski definition) is 2. The number of carboxylic acids is 1. The van der Waals surface area contributed by atoms with Gasteiger partial charge in [-0.1, -0.05) is 42.5 Å². The summed E-state index contributed by atoms with van der Waals surface area (Å²) in [5.41, 5.74) is 1.72. The van der Waals surface area contributed by atoms with Gasteiger partial charge in [-0.2, -0.15) is 0 Å². The molecule has 0 aliphatic heterocycles. The summed E-state index contributed by atoms with van der Waals surface area (Å²) in [5, 5.41) is 12.7. The predicted octanol–water partition coefficient (Wildman–Crippen LogP) is 4.15. The van der Waals surface area contributed by atoms with Gasteiger partial charge in [0, 0.05) is 18.4 Å². The molecule has 0 aromatic heterocycles. The molecule has 0 heterocycles. The molecule has 0 spiro atoms. The lowest BCUT2D eigenvalue weighted by Gasteiger charge is -2.25. The maximum atomic E-state index is 13.1. The van der Waals surface area contributed by atoms with Crippen LogP contribution in [0.15, 0.2) is 66.7 Å². The van der Waals surface area contributed by atoms with E-state index in [4.69, 9.17) is 9.47 Å². The van der Waals surface area contributed by atoms with Crippen molar-refractivity contribution in [2.45, 2.75) is 25.3 Å². The number of aliphatic carboxylic acids is 1. The fourth-order valence-electron chi connectivity index (χ4n) is 3.88. The second-order valence-electron chi connectivity index (χ2n) is 7.70. The van der Waals surface area contributed by atoms with E-state index in [0.717, 1.165) is 16.7 Å². The first-order valence-corrected chi connectivity index (χ1v) is 9.96. The minimum absolute atomic E-state index is 0.243. The summed E-state index contributed by atoms with van der Waals surface area (Å²) in [4.78, 5) is 25.2. The monoisotopic (exact) mass is 417 g/mol. The Morgan fingerprint density at radius 1 is 0.903 bits per heavy atom. The second kappa shape index (κ2) is 8.14. The molecule has 158 valence electrons. The van der Waals surface area contributed by atoms with Crippen molar-refractivity contribution in [2.75, 3.05) is 7.11 Å². The first-order chi connectivity index (χ1) is 14.9. The number of para-hydroxylation sites is 1. The maximum Gasteiger partial charge on any atom is 0.330 e. The first kappa shape index (κ1) is 20.5. The molecule has 0 saturated carbocycles. The van der Waals surface area contributed by atoms with Crippen LogP contribution >= 0.6 is 0 Å². The lowest BCUT2D eigenvalue weighted by Crippen LogP contribution is -2.55. The number of aryl methyl sites for hydroxylation is 1. The molecule has 0 unspecified atom stereocenters. The number of carboxylic acid groups (broad SMARTS) is 1. The van der Waals surface area contributed by atoms with Gasteiger partial charge in [0.15, 0.2) is 11.5 Å². The van der Waals surface area contributed by atoms with Crippen LogP contribution in [-0.2, 0) is 17.6 Å². The number of benzene rings is 3. The number of carbonyl (C=O) groups is 2. The third-order valence-corrected chi connectivity index (χ3v) is 5.60. The van der Waals surface area contributed by atoms with Crippen LogP contribution in [0, 0.1) is 6.92 Å². The molecule has 3 aromatic carbocycles. The molecule has 6 heteroatoms. The van der Waals surface area contributed by atoms with Crippen molar-refractivity contribution < 1.29 is 24.2 Å². The van der Waals surface area contributed by atoms with Gasteiger partial charge in [0.05, 0.1) is 7.11 Å². The quantitative estimate of drug-likeness (QED) is 0.629. The van der Waals surface area contributed by atoms with Gasteiger partial charge in [0.1, 0.15) is 11.3 Å². The van der Waals surface area contributed by atoms with E-state index in [0.29, 0.717) is 22.8 Å². The highest BCUT2D eigenvalue weighted by molar-refractivity contribution is 5.99. The highest BCUT2D eigenvalue weighted by Crippen LogP contribution is 2.35. The predicted molar refractivity (Wildman–Crippen MR) is 116 cm³/mol. The summed E-state index contributed by atoms with van der Waals surface area (Å²) in [7, 11) is 1.52. The van der Waals surface area contributed by atoms with Crippen LogP contribution in [0.3, 0.4) is 0 Å². The number of rotatable bonds is 6. The van der Waals surface area contributed by atoms with Crippen molar-refractivity contribution in [3.8, 4) is 17.2 Å². The molecular weight excluding hydrogens is 394 g/mol. The van der Waals surface area contributed by atoms with Crippen LogP contribution in [0.25, 0.3) is 0 Å². The molecule has 1 aliphatic carbocycles. The normalized spacial score (nSPS) is 13.9. The van der Waals surface area contributed by atoms with Gasteiger partial charge in [-0.05, 0) is 47.9 Å². The standard InChI is InChI=1S/C25H23NO5/c1-16-7-3-6-10-20(16)31-22-13-17(11-12-21(22)30-2)23(27)26-25(24(28)29)14-18-8-4-5-9-19(18)15-25/h3-13H,14-15H2,1-2H3,(H,26,27)(H,28,29). The Morgan fingerprint density at radius 3 is 2.16 bits per heavy atom. The van der Waals surface area contributed by atoms with Gasteiger partial charge in [-0.25, -0.2) is 4.79 Å². The van der Waals surface area contributed by atoms with Gasteiger partial charge in [-0.3, -0.25) is 4.79 Å². The van der Waals surface area contributed by atoms with Gasteiger partial charge >= 0.3 is 5.97 Å². The molecule has 0 atom stereocenters. The topological polar surface area (TPSA) is 84.9 Å². The molecular formula is C25H23NO5. The van der Waals surface area contributed by atoms with Crippen LogP contribution in [-0.4, -0.2) is 29.6 Å². The summed E-state index contributed by atoms with van der Waals surface area (Å²) < 4.78 is 11.4. The van der Waals surface area contributed by atoms with E-state index in [1.807, 2.05) is 55.5 Å². The molecule has 0 bridgehead atoms. The van der Waals surface area contributed by atoms with E-state index < -0.39 is 17.4 Å². The van der Waals surface area contributed by atoms with Crippen LogP contribution < -0.4 is 14.8 Å². The van der Waals surface area contributed by atoms with Crippen molar-refractivity contribution in [3.05, 3.63) is 89.0 Å². The van der Waals surface area contributed by atoms with E-state index in [2.05, 4.69) is 5.32 Å². The lowest BCUT2D eigenvalue weighted by atomic mass is 9.95. The van der Waals surface area contributed by atoms with E-state index in [1.165, 1.54) is 7.11 Å². The van der Waals surface area contributed by atoms with E-state index >= 15 is 0 Å². The average Bonchev–Trinajstić information content (AvgIpc) is 3.15. The molecule has 3 aromatic rings. The molecule has 1 aliphatic rings. The zero-order valence-corrected chi connectivity index (χ0v) is 17.3. The molecule has 2 N–H and O–H groups in total. The Hall–Kier alpha value is -3.80. The number of hydrogen-bond acceptors (Lipinski definition) is 4. The van der Waals surface area contributed by atoms with Crippen molar-refractivity contribution in [2.24, 2.45) is 0 Å². The number of fused-ring (bicyclic) bond motifs is 1. The van der Waals surface area contributed by atoms with Crippen molar-refractivity contribution in [1.29, 1.82) is 0 Å². The zero-order valence-electron chi connectivity index (χ0n) is 17.3. The minimum atomic E-state index is -1.38. The largest absolute Gasteiger partial charge is 0.493 e. The molecule has 0 fully saturated rings. The summed E-state index contributed by atoms with van der Waals surface area (Å²) in [6, 6.07) is 19.9. The van der Waals surface area contributed by atoms with Crippen LogP contribution in [0.5, 0.6) is 17.2 Å². The third-order valence-electron chi connectivity index (χ3n) is 5.60. The summed E-state index contributed by atoms with van der Waals surface area (Å²) in [6.07, 6.45) is 0.486. The summed E-state index contributed by atoms with van der Waals surface area (Å²) >= 11 is 0. The number of carbonyl (C=O) groups excluding carboxylic acids is 1. The Bertz CT molecular complexity index is 1130. The van der Waals surface area contributed by atoms with Gasteiger partial charge in [-0.15, -0.1) is 0 Å². The van der Waals surface area contributed by atoms with Crippen molar-refractivity contribution >= 4 is 11.9 Å². The second-order valence-corrected chi connectivity index (χ2v) is 7.70. The minimum Gasteiger partial charge on any atom is -0.493 e. The van der Waals surface area contributed by atoms with Gasteiger partial charge in [0.2, 0.25) is 0 Å². The van der Waals surface area contributed by atoms with Crippen LogP contribution in [0.4, 0.5) is 0 Å². The average molecular weight is 417 g/mol. The van der Waals surface area contributed by atoms with E-state index in [1.54, 1.807) is 18.2 Å². The van der Waals surface area contributed by atoms with Crippen molar-refractivity contribution in [1.82, 2.24) is 5.32 Å². The first-order valence-electron chi connectivity index (χ1n) is 9.96. The molecule has 4 rings (SSSR count). The van der Waals surface area contributed by atoms with E-state index in [9.17, 15) is 14.7 Å². The number of methoxy groups -OCH3 is 1. The Kier molecular flexibility index (Phi) is 5.38.